The molecular formula is C10H10N4O2. The van der Waals surface area contributed by atoms with E-state index >= 15 is 0 Å². The highest BCUT2D eigenvalue weighted by Gasteiger charge is 2.15. The van der Waals surface area contributed by atoms with Crippen LogP contribution in [0.5, 0.6) is 0 Å². The number of hydrogen-bond donors (Lipinski definition) is 3. The number of carboxylic acid groups (broad SMARTS) is 1. The highest BCUT2D eigenvalue weighted by atomic mass is 16.4. The van der Waals surface area contributed by atoms with Crippen molar-refractivity contribution in [2.75, 3.05) is 5.73 Å². The minimum Gasteiger partial charge on any atom is -0.476 e. The molecule has 2 aromatic heterocycles. The van der Waals surface area contributed by atoms with Crippen molar-refractivity contribution in [2.24, 2.45) is 0 Å². The van der Waals surface area contributed by atoms with Crippen LogP contribution in [0.3, 0.4) is 0 Å². The number of nitrogens with zero attached hydrogens (tertiary/aromatic N) is 2. The van der Waals surface area contributed by atoms with E-state index in [0.717, 1.165) is 5.56 Å². The SMILES string of the molecule is Nc1c(C(=O)O)n[nH]c1Cc1cccnc1. The first-order chi connectivity index (χ1) is 7.68. The number of carboxylic acids is 1. The van der Waals surface area contributed by atoms with Gasteiger partial charge < -0.3 is 10.8 Å². The lowest BCUT2D eigenvalue weighted by atomic mass is 10.1. The molecule has 0 aliphatic carbocycles. The van der Waals surface area contributed by atoms with Crippen LogP contribution in [-0.4, -0.2) is 26.3 Å². The van der Waals surface area contributed by atoms with Gasteiger partial charge in [0.05, 0.1) is 11.4 Å². The van der Waals surface area contributed by atoms with Crippen molar-refractivity contribution in [1.29, 1.82) is 0 Å². The van der Waals surface area contributed by atoms with Crippen LogP contribution < -0.4 is 5.73 Å². The number of carbonyl (C=O) groups is 1. The Balaban J connectivity index is 2.26. The van der Waals surface area contributed by atoms with E-state index in [4.69, 9.17) is 10.8 Å². The van der Waals surface area contributed by atoms with Gasteiger partial charge in [-0.25, -0.2) is 4.79 Å². The average Bonchev–Trinajstić information content (AvgIpc) is 2.62. The Morgan fingerprint density at radius 3 is 2.94 bits per heavy atom. The highest BCUT2D eigenvalue weighted by Crippen LogP contribution is 2.17. The Labute approximate surface area is 91.1 Å². The van der Waals surface area contributed by atoms with Crippen LogP contribution in [0.1, 0.15) is 21.7 Å². The van der Waals surface area contributed by atoms with Crippen molar-refractivity contribution >= 4 is 11.7 Å². The Morgan fingerprint density at radius 1 is 1.56 bits per heavy atom. The van der Waals surface area contributed by atoms with Crippen molar-refractivity contribution in [2.45, 2.75) is 6.42 Å². The van der Waals surface area contributed by atoms with Crippen LogP contribution in [0.15, 0.2) is 24.5 Å². The van der Waals surface area contributed by atoms with E-state index in [1.165, 1.54) is 0 Å². The monoisotopic (exact) mass is 218 g/mol. The van der Waals surface area contributed by atoms with Gasteiger partial charge in [0.25, 0.3) is 0 Å². The molecule has 0 aromatic carbocycles. The Kier molecular flexibility index (Phi) is 2.55. The molecular weight excluding hydrogens is 208 g/mol. The fourth-order valence-electron chi connectivity index (χ4n) is 1.39. The Bertz CT molecular complexity index is 507. The summed E-state index contributed by atoms with van der Waals surface area (Å²) < 4.78 is 0. The minimum atomic E-state index is -1.13. The van der Waals surface area contributed by atoms with Gasteiger partial charge in [0.2, 0.25) is 0 Å². The van der Waals surface area contributed by atoms with E-state index in [-0.39, 0.29) is 11.4 Å². The molecule has 4 N–H and O–H groups in total. The summed E-state index contributed by atoms with van der Waals surface area (Å²) in [6.07, 6.45) is 3.85. The number of nitrogen functional groups attached to an aromatic ring is 1. The summed E-state index contributed by atoms with van der Waals surface area (Å²) in [5, 5.41) is 15.0. The number of H-pyrrole nitrogens is 1. The number of nitrogens with two attached hydrogens (primary N) is 1. The third-order valence-electron chi connectivity index (χ3n) is 2.19. The van der Waals surface area contributed by atoms with Crippen LogP contribution in [0.2, 0.25) is 0 Å². The molecule has 0 atom stereocenters. The van der Waals surface area contributed by atoms with Crippen molar-refractivity contribution in [3.8, 4) is 0 Å². The summed E-state index contributed by atoms with van der Waals surface area (Å²) >= 11 is 0. The van der Waals surface area contributed by atoms with Crippen molar-refractivity contribution < 1.29 is 9.90 Å². The predicted octanol–water partition coefficient (Wildman–Crippen LogP) is 0.676. The molecule has 0 fully saturated rings. The van der Waals surface area contributed by atoms with Crippen LogP contribution >= 0.6 is 0 Å². The number of nitrogens with one attached hydrogen (secondary N) is 1. The molecule has 6 nitrogen and oxygen atoms in total. The molecule has 2 aromatic rings. The molecule has 2 rings (SSSR count). The van der Waals surface area contributed by atoms with Crippen molar-refractivity contribution in [3.63, 3.8) is 0 Å². The van der Waals surface area contributed by atoms with Gasteiger partial charge in [-0.2, -0.15) is 5.10 Å². The lowest BCUT2D eigenvalue weighted by Crippen LogP contribution is -2.02. The predicted molar refractivity (Wildman–Crippen MR) is 57.0 cm³/mol. The lowest BCUT2D eigenvalue weighted by Gasteiger charge is -1.99. The molecule has 0 bridgehead atoms. The Hall–Kier alpha value is -2.37. The number of aromatic amines is 1. The normalized spacial score (nSPS) is 10.2. The van der Waals surface area contributed by atoms with E-state index in [0.29, 0.717) is 12.1 Å². The van der Waals surface area contributed by atoms with Gasteiger partial charge >= 0.3 is 5.97 Å². The number of anilines is 1. The highest BCUT2D eigenvalue weighted by molar-refractivity contribution is 5.91. The molecule has 0 saturated heterocycles. The molecule has 0 unspecified atom stereocenters. The van der Waals surface area contributed by atoms with E-state index < -0.39 is 5.97 Å². The number of pyridine rings is 1. The summed E-state index contributed by atoms with van der Waals surface area (Å²) in [5.74, 6) is -1.13. The lowest BCUT2D eigenvalue weighted by molar-refractivity contribution is 0.0691. The number of aromatic carboxylic acids is 1. The van der Waals surface area contributed by atoms with Crippen molar-refractivity contribution in [3.05, 3.63) is 41.5 Å². The van der Waals surface area contributed by atoms with Crippen LogP contribution in [-0.2, 0) is 6.42 Å². The van der Waals surface area contributed by atoms with Gasteiger partial charge in [0.15, 0.2) is 5.69 Å². The number of rotatable bonds is 3. The zero-order chi connectivity index (χ0) is 11.5. The van der Waals surface area contributed by atoms with E-state index in [1.807, 2.05) is 6.07 Å². The third kappa shape index (κ3) is 1.85. The standard InChI is InChI=1S/C10H10N4O2/c11-8-7(13-14-9(8)10(15)16)4-6-2-1-3-12-5-6/h1-3,5H,4,11H2,(H,13,14)(H,15,16). The second kappa shape index (κ2) is 4.01. The van der Waals surface area contributed by atoms with Crippen LogP contribution in [0.25, 0.3) is 0 Å². The largest absolute Gasteiger partial charge is 0.476 e. The second-order valence-electron chi connectivity index (χ2n) is 3.31. The summed E-state index contributed by atoms with van der Waals surface area (Å²) in [6.45, 7) is 0. The zero-order valence-corrected chi connectivity index (χ0v) is 8.34. The number of aromatic nitrogens is 3. The van der Waals surface area contributed by atoms with Crippen LogP contribution in [0.4, 0.5) is 5.69 Å². The molecule has 6 heteroatoms. The smallest absolute Gasteiger partial charge is 0.358 e. The quantitative estimate of drug-likeness (QED) is 0.702. The zero-order valence-electron chi connectivity index (χ0n) is 8.34. The van der Waals surface area contributed by atoms with E-state index in [2.05, 4.69) is 15.2 Å². The molecule has 0 radical (unpaired) electrons. The van der Waals surface area contributed by atoms with Crippen molar-refractivity contribution in [1.82, 2.24) is 15.2 Å². The van der Waals surface area contributed by atoms with Gasteiger partial charge in [-0.3, -0.25) is 10.1 Å². The maximum absolute atomic E-state index is 10.7. The van der Waals surface area contributed by atoms with Gasteiger partial charge in [0, 0.05) is 18.8 Å². The summed E-state index contributed by atoms with van der Waals surface area (Å²) in [6, 6.07) is 3.69. The molecule has 0 amide bonds. The first-order valence-corrected chi connectivity index (χ1v) is 4.63. The molecule has 0 aliphatic rings. The third-order valence-corrected chi connectivity index (χ3v) is 2.19. The van der Waals surface area contributed by atoms with Gasteiger partial charge in [-0.15, -0.1) is 0 Å². The van der Waals surface area contributed by atoms with Gasteiger partial charge in [-0.1, -0.05) is 6.07 Å². The summed E-state index contributed by atoms with van der Waals surface area (Å²) in [5.41, 5.74) is 7.22. The minimum absolute atomic E-state index is 0.140. The van der Waals surface area contributed by atoms with E-state index in [9.17, 15) is 4.79 Å². The van der Waals surface area contributed by atoms with Gasteiger partial charge in [0.1, 0.15) is 0 Å². The molecule has 0 spiro atoms. The Morgan fingerprint density at radius 2 is 2.38 bits per heavy atom. The number of hydrogen-bond acceptors (Lipinski definition) is 4. The molecule has 0 aliphatic heterocycles. The maximum atomic E-state index is 10.7. The fourth-order valence-corrected chi connectivity index (χ4v) is 1.39. The molecule has 82 valence electrons. The molecule has 0 saturated carbocycles. The molecule has 2 heterocycles. The topological polar surface area (TPSA) is 105 Å². The fraction of sp³-hybridized carbons (Fsp3) is 0.100. The summed E-state index contributed by atoms with van der Waals surface area (Å²) in [7, 11) is 0. The molecule has 16 heavy (non-hydrogen) atoms. The summed E-state index contributed by atoms with van der Waals surface area (Å²) in [4.78, 5) is 14.7. The average molecular weight is 218 g/mol. The first kappa shape index (κ1) is 10.2. The van der Waals surface area contributed by atoms with Crippen LogP contribution in [0, 0.1) is 0 Å². The van der Waals surface area contributed by atoms with Gasteiger partial charge in [-0.05, 0) is 11.6 Å². The van der Waals surface area contributed by atoms with E-state index in [1.54, 1.807) is 18.5 Å². The second-order valence-corrected chi connectivity index (χ2v) is 3.31. The maximum Gasteiger partial charge on any atom is 0.358 e. The first-order valence-electron chi connectivity index (χ1n) is 4.63.